The molecule has 2 atom stereocenters. The monoisotopic (exact) mass is 257 g/mol. The number of ether oxygens (including phenoxy) is 1. The molecule has 5 heteroatoms. The molecule has 1 amide bonds. The number of rotatable bonds is 4. The fourth-order valence-electron chi connectivity index (χ4n) is 1.34. The van der Waals surface area contributed by atoms with Crippen molar-refractivity contribution in [1.82, 2.24) is 5.32 Å². The topological polar surface area (TPSA) is 47.6 Å². The highest BCUT2D eigenvalue weighted by atomic mass is 28.4. The average molecular weight is 257 g/mol. The van der Waals surface area contributed by atoms with Crippen LogP contribution in [0.2, 0.25) is 18.1 Å². The number of hydrogen-bond acceptors (Lipinski definition) is 3. The van der Waals surface area contributed by atoms with Crippen LogP contribution in [-0.4, -0.2) is 33.2 Å². The van der Waals surface area contributed by atoms with Crippen LogP contribution in [0.5, 0.6) is 0 Å². The molecule has 0 aromatic heterocycles. The maximum atomic E-state index is 11.1. The molecule has 1 aliphatic heterocycles. The summed E-state index contributed by atoms with van der Waals surface area (Å²) in [5.74, 6) is 0. The van der Waals surface area contributed by atoms with Crippen molar-refractivity contribution in [3.63, 3.8) is 0 Å². The van der Waals surface area contributed by atoms with Crippen molar-refractivity contribution in [1.29, 1.82) is 0 Å². The second kappa shape index (κ2) is 4.82. The maximum absolute atomic E-state index is 11.1. The molecule has 98 valence electrons. The van der Waals surface area contributed by atoms with Gasteiger partial charge in [0.25, 0.3) is 0 Å². The summed E-state index contributed by atoms with van der Waals surface area (Å²) in [6, 6.07) is -0.117. The van der Waals surface area contributed by atoms with Crippen LogP contribution in [0.1, 0.15) is 20.8 Å². The predicted molar refractivity (Wildman–Crippen MR) is 70.5 cm³/mol. The van der Waals surface area contributed by atoms with E-state index in [1.54, 1.807) is 6.08 Å². The first-order valence-electron chi connectivity index (χ1n) is 5.91. The lowest BCUT2D eigenvalue weighted by atomic mass is 10.2. The summed E-state index contributed by atoms with van der Waals surface area (Å²) >= 11 is 0. The molecule has 1 aliphatic rings. The Morgan fingerprint density at radius 2 is 2.12 bits per heavy atom. The van der Waals surface area contributed by atoms with Crippen LogP contribution in [0.25, 0.3) is 0 Å². The van der Waals surface area contributed by atoms with E-state index in [1.807, 2.05) is 0 Å². The first kappa shape index (κ1) is 14.2. The van der Waals surface area contributed by atoms with Crippen LogP contribution < -0.4 is 5.32 Å². The second-order valence-electron chi connectivity index (χ2n) is 5.93. The maximum Gasteiger partial charge on any atom is 0.408 e. The van der Waals surface area contributed by atoms with Crippen molar-refractivity contribution in [3.05, 3.63) is 12.7 Å². The Kier molecular flexibility index (Phi) is 4.04. The Morgan fingerprint density at radius 3 is 2.59 bits per heavy atom. The summed E-state index contributed by atoms with van der Waals surface area (Å²) in [4.78, 5) is 11.1. The number of cyclic esters (lactones) is 1. The van der Waals surface area contributed by atoms with Gasteiger partial charge < -0.3 is 14.5 Å². The van der Waals surface area contributed by atoms with E-state index in [0.717, 1.165) is 0 Å². The first-order valence-corrected chi connectivity index (χ1v) is 8.82. The Labute approximate surface area is 105 Å². The van der Waals surface area contributed by atoms with Crippen LogP contribution in [0.15, 0.2) is 12.7 Å². The molecule has 0 radical (unpaired) electrons. The molecule has 0 spiro atoms. The van der Waals surface area contributed by atoms with Gasteiger partial charge in [-0.15, -0.1) is 0 Å². The number of amides is 1. The highest BCUT2D eigenvalue weighted by molar-refractivity contribution is 6.74. The van der Waals surface area contributed by atoms with Gasteiger partial charge in [0.2, 0.25) is 0 Å². The van der Waals surface area contributed by atoms with Gasteiger partial charge in [-0.2, -0.15) is 0 Å². The average Bonchev–Trinajstić information content (AvgIpc) is 2.54. The Bertz CT molecular complexity index is 309. The zero-order chi connectivity index (χ0) is 13.3. The van der Waals surface area contributed by atoms with Gasteiger partial charge in [0.15, 0.2) is 8.32 Å². The first-order chi connectivity index (χ1) is 7.67. The lowest BCUT2D eigenvalue weighted by Crippen LogP contribution is -2.45. The molecule has 1 heterocycles. The van der Waals surface area contributed by atoms with Crippen LogP contribution in [0.3, 0.4) is 0 Å². The van der Waals surface area contributed by atoms with Gasteiger partial charge >= 0.3 is 6.09 Å². The van der Waals surface area contributed by atoms with E-state index in [1.165, 1.54) is 0 Å². The molecule has 1 rings (SSSR count). The molecule has 0 aliphatic carbocycles. The van der Waals surface area contributed by atoms with E-state index < -0.39 is 14.4 Å². The third kappa shape index (κ3) is 3.32. The molecule has 0 aromatic rings. The minimum absolute atomic E-state index is 0.117. The van der Waals surface area contributed by atoms with E-state index in [9.17, 15) is 4.79 Å². The zero-order valence-electron chi connectivity index (χ0n) is 11.4. The van der Waals surface area contributed by atoms with E-state index in [-0.39, 0.29) is 17.2 Å². The summed E-state index contributed by atoms with van der Waals surface area (Å²) < 4.78 is 11.1. The Balaban J connectivity index is 2.56. The largest absolute Gasteiger partial charge is 0.440 e. The summed E-state index contributed by atoms with van der Waals surface area (Å²) in [5.41, 5.74) is 0. The SMILES string of the molecule is C=C[C@@H]1OC(=O)N[C@H]1CO[Si](C)(C)C(C)(C)C. The van der Waals surface area contributed by atoms with Gasteiger partial charge in [-0.3, -0.25) is 0 Å². The minimum atomic E-state index is -1.78. The standard InChI is InChI=1S/C12H23NO3Si/c1-7-10-9(13-11(14)16-10)8-15-17(5,6)12(2,3)4/h7,9-10H,1,8H2,2-6H3,(H,13,14)/t9-,10-/m0/s1. The number of alkyl carbamates (subject to hydrolysis) is 1. The smallest absolute Gasteiger partial charge is 0.408 e. The molecule has 0 unspecified atom stereocenters. The molecule has 1 fully saturated rings. The van der Waals surface area contributed by atoms with E-state index in [0.29, 0.717) is 6.61 Å². The third-order valence-electron chi connectivity index (χ3n) is 3.61. The van der Waals surface area contributed by atoms with Gasteiger partial charge in [0, 0.05) is 0 Å². The molecule has 4 nitrogen and oxygen atoms in total. The van der Waals surface area contributed by atoms with E-state index >= 15 is 0 Å². The van der Waals surface area contributed by atoms with Gasteiger partial charge in [-0.1, -0.05) is 27.4 Å². The fraction of sp³-hybridized carbons (Fsp3) is 0.750. The van der Waals surface area contributed by atoms with Gasteiger partial charge in [0.1, 0.15) is 6.10 Å². The molecule has 0 saturated carbocycles. The van der Waals surface area contributed by atoms with Crippen LogP contribution in [0, 0.1) is 0 Å². The normalized spacial score (nSPS) is 25.4. The molecule has 1 saturated heterocycles. The van der Waals surface area contributed by atoms with Gasteiger partial charge in [-0.25, -0.2) is 4.79 Å². The summed E-state index contributed by atoms with van der Waals surface area (Å²) in [7, 11) is -1.78. The lowest BCUT2D eigenvalue weighted by molar-refractivity contribution is 0.144. The van der Waals surface area contributed by atoms with Crippen molar-refractivity contribution >= 4 is 14.4 Å². The van der Waals surface area contributed by atoms with Crippen molar-refractivity contribution in [2.24, 2.45) is 0 Å². The molecule has 17 heavy (non-hydrogen) atoms. The number of hydrogen-bond donors (Lipinski definition) is 1. The van der Waals surface area contributed by atoms with Crippen LogP contribution in [-0.2, 0) is 9.16 Å². The number of carbonyl (C=O) groups excluding carboxylic acids is 1. The van der Waals surface area contributed by atoms with Gasteiger partial charge in [-0.05, 0) is 24.2 Å². The predicted octanol–water partition coefficient (Wildman–Crippen LogP) is 2.67. The number of carbonyl (C=O) groups is 1. The van der Waals surface area contributed by atoms with Crippen molar-refractivity contribution in [2.75, 3.05) is 6.61 Å². The molecule has 1 N–H and O–H groups in total. The van der Waals surface area contributed by atoms with Crippen molar-refractivity contribution < 1.29 is 14.0 Å². The Hall–Kier alpha value is -0.813. The third-order valence-corrected chi connectivity index (χ3v) is 8.11. The lowest BCUT2D eigenvalue weighted by Gasteiger charge is -2.37. The zero-order valence-corrected chi connectivity index (χ0v) is 12.4. The quantitative estimate of drug-likeness (QED) is 0.622. The minimum Gasteiger partial charge on any atom is -0.440 e. The van der Waals surface area contributed by atoms with Crippen LogP contribution >= 0.6 is 0 Å². The van der Waals surface area contributed by atoms with Gasteiger partial charge in [0.05, 0.1) is 12.6 Å². The molecule has 0 aromatic carbocycles. The molecular weight excluding hydrogens is 234 g/mol. The van der Waals surface area contributed by atoms with E-state index in [4.69, 9.17) is 9.16 Å². The second-order valence-corrected chi connectivity index (χ2v) is 10.7. The summed E-state index contributed by atoms with van der Waals surface area (Å²) in [6.07, 6.45) is 0.961. The molecular formula is C12H23NO3Si. The summed E-state index contributed by atoms with van der Waals surface area (Å²) in [6.45, 7) is 15.1. The van der Waals surface area contributed by atoms with Crippen molar-refractivity contribution in [3.8, 4) is 0 Å². The van der Waals surface area contributed by atoms with Crippen molar-refractivity contribution in [2.45, 2.75) is 51.0 Å². The number of nitrogens with one attached hydrogen (secondary N) is 1. The fourth-order valence-corrected chi connectivity index (χ4v) is 2.37. The Morgan fingerprint density at radius 1 is 1.53 bits per heavy atom. The van der Waals surface area contributed by atoms with E-state index in [2.05, 4.69) is 45.8 Å². The highest BCUT2D eigenvalue weighted by Gasteiger charge is 2.40. The summed E-state index contributed by atoms with van der Waals surface area (Å²) in [5, 5.41) is 2.91. The highest BCUT2D eigenvalue weighted by Crippen LogP contribution is 2.36. The molecule has 0 bridgehead atoms. The van der Waals surface area contributed by atoms with Crippen LogP contribution in [0.4, 0.5) is 4.79 Å².